The van der Waals surface area contributed by atoms with Gasteiger partial charge in [-0.25, -0.2) is 0 Å². The van der Waals surface area contributed by atoms with Gasteiger partial charge in [0.05, 0.1) is 5.69 Å². The molecule has 0 amide bonds. The number of aryl methyl sites for hydroxylation is 1. The molecule has 0 unspecified atom stereocenters. The SMILES string of the molecule is Cc1cc(C2CCCCC2)n(OCOP(C)(C)=O)c(=O)c1. The zero-order chi connectivity index (χ0) is 15.5. The van der Waals surface area contributed by atoms with Crippen LogP contribution in [-0.4, -0.2) is 24.9 Å². The van der Waals surface area contributed by atoms with E-state index in [1.165, 1.54) is 37.3 Å². The summed E-state index contributed by atoms with van der Waals surface area (Å²) in [6.45, 7) is 4.79. The normalized spacial score (nSPS) is 16.9. The van der Waals surface area contributed by atoms with Crippen LogP contribution in [-0.2, 0) is 9.09 Å². The van der Waals surface area contributed by atoms with Crippen LogP contribution >= 0.6 is 7.37 Å². The maximum Gasteiger partial charge on any atom is 0.283 e. The van der Waals surface area contributed by atoms with Gasteiger partial charge in [-0.1, -0.05) is 19.3 Å². The van der Waals surface area contributed by atoms with E-state index >= 15 is 0 Å². The second kappa shape index (κ2) is 6.80. The molecule has 0 aliphatic heterocycles. The highest BCUT2D eigenvalue weighted by atomic mass is 31.2. The number of nitrogens with zero attached hydrogens (tertiary/aromatic N) is 1. The van der Waals surface area contributed by atoms with E-state index in [0.29, 0.717) is 5.92 Å². The summed E-state index contributed by atoms with van der Waals surface area (Å²) in [5.74, 6) is 0.349. The van der Waals surface area contributed by atoms with E-state index in [1.807, 2.05) is 13.0 Å². The van der Waals surface area contributed by atoms with Gasteiger partial charge in [-0.05, 0) is 31.4 Å². The molecule has 1 aliphatic carbocycles. The molecule has 1 fully saturated rings. The molecule has 0 spiro atoms. The minimum absolute atomic E-state index is 0.174. The van der Waals surface area contributed by atoms with Crippen molar-refractivity contribution in [3.63, 3.8) is 0 Å². The highest BCUT2D eigenvalue weighted by Crippen LogP contribution is 2.36. The zero-order valence-electron chi connectivity index (χ0n) is 13.0. The predicted molar refractivity (Wildman–Crippen MR) is 83.3 cm³/mol. The maximum absolute atomic E-state index is 12.2. The molecule has 6 heteroatoms. The first-order valence-electron chi connectivity index (χ1n) is 7.43. The van der Waals surface area contributed by atoms with Gasteiger partial charge in [0.15, 0.2) is 7.37 Å². The van der Waals surface area contributed by atoms with Crippen LogP contribution in [0.4, 0.5) is 0 Å². The highest BCUT2D eigenvalue weighted by molar-refractivity contribution is 7.57. The molecule has 1 aliphatic rings. The van der Waals surface area contributed by atoms with Gasteiger partial charge in [-0.15, -0.1) is 4.73 Å². The van der Waals surface area contributed by atoms with Crippen LogP contribution in [0.3, 0.4) is 0 Å². The van der Waals surface area contributed by atoms with Crippen LogP contribution in [0, 0.1) is 6.92 Å². The molecule has 1 aromatic heterocycles. The van der Waals surface area contributed by atoms with E-state index in [-0.39, 0.29) is 12.4 Å². The van der Waals surface area contributed by atoms with E-state index in [2.05, 4.69) is 0 Å². The average Bonchev–Trinajstić information content (AvgIpc) is 2.40. The van der Waals surface area contributed by atoms with E-state index in [1.54, 1.807) is 6.07 Å². The lowest BCUT2D eigenvalue weighted by molar-refractivity contribution is -0.00441. The Hall–Kier alpha value is -1.06. The van der Waals surface area contributed by atoms with Gasteiger partial charge in [0.2, 0.25) is 6.79 Å². The minimum atomic E-state index is -2.62. The summed E-state index contributed by atoms with van der Waals surface area (Å²) in [7, 11) is -2.62. The molecule has 21 heavy (non-hydrogen) atoms. The van der Waals surface area contributed by atoms with Crippen molar-refractivity contribution in [2.45, 2.75) is 44.9 Å². The third-order valence-corrected chi connectivity index (χ3v) is 4.46. The molecule has 5 nitrogen and oxygen atoms in total. The van der Waals surface area contributed by atoms with Crippen molar-refractivity contribution in [2.75, 3.05) is 20.1 Å². The van der Waals surface area contributed by atoms with Gasteiger partial charge in [0.1, 0.15) is 0 Å². The van der Waals surface area contributed by atoms with Crippen LogP contribution in [0.25, 0.3) is 0 Å². The Morgan fingerprint density at radius 1 is 1.24 bits per heavy atom. The molecule has 1 aromatic rings. The second-order valence-corrected chi connectivity index (χ2v) is 8.82. The van der Waals surface area contributed by atoms with Gasteiger partial charge in [0, 0.05) is 25.3 Å². The Kier molecular flexibility index (Phi) is 5.28. The summed E-state index contributed by atoms with van der Waals surface area (Å²) in [5.41, 5.74) is 1.66. The Labute approximate surface area is 125 Å². The smallest absolute Gasteiger partial charge is 0.283 e. The standard InChI is InChI=1S/C15H24NO4P/c1-12-9-14(13-7-5-4-6-8-13)16(15(17)10-12)19-11-20-21(2,3)18/h9-10,13H,4-8,11H2,1-3H3. The Bertz CT molecular complexity index is 584. The van der Waals surface area contributed by atoms with Crippen molar-refractivity contribution < 1.29 is 13.9 Å². The van der Waals surface area contributed by atoms with Crippen LogP contribution in [0.2, 0.25) is 0 Å². The minimum Gasteiger partial charge on any atom is -0.381 e. The third kappa shape index (κ3) is 4.72. The molecule has 1 heterocycles. The molecule has 1 saturated carbocycles. The molecular weight excluding hydrogens is 289 g/mol. The van der Waals surface area contributed by atoms with Crippen molar-refractivity contribution in [1.29, 1.82) is 0 Å². The number of hydrogen-bond acceptors (Lipinski definition) is 4. The zero-order valence-corrected chi connectivity index (χ0v) is 13.9. The molecular formula is C15H24NO4P. The summed E-state index contributed by atoms with van der Waals surface area (Å²) in [4.78, 5) is 17.6. The fourth-order valence-electron chi connectivity index (χ4n) is 2.74. The van der Waals surface area contributed by atoms with Crippen LogP contribution in [0.1, 0.15) is 49.3 Å². The summed E-state index contributed by atoms with van der Waals surface area (Å²) < 4.78 is 18.0. The molecule has 0 aromatic carbocycles. The Morgan fingerprint density at radius 2 is 1.90 bits per heavy atom. The first-order chi connectivity index (χ1) is 9.87. The van der Waals surface area contributed by atoms with E-state index < -0.39 is 7.37 Å². The fraction of sp³-hybridized carbons (Fsp3) is 0.667. The van der Waals surface area contributed by atoms with Crippen LogP contribution in [0.5, 0.6) is 0 Å². The van der Waals surface area contributed by atoms with Crippen molar-refractivity contribution in [2.24, 2.45) is 0 Å². The molecule has 2 rings (SSSR count). The third-order valence-electron chi connectivity index (χ3n) is 3.73. The van der Waals surface area contributed by atoms with E-state index in [9.17, 15) is 9.36 Å². The molecule has 0 N–H and O–H groups in total. The predicted octanol–water partition coefficient (Wildman–Crippen LogP) is 3.14. The van der Waals surface area contributed by atoms with E-state index in [0.717, 1.165) is 24.1 Å². The molecule has 0 atom stereocenters. The molecule has 0 bridgehead atoms. The first-order valence-corrected chi connectivity index (χ1v) is 9.95. The molecule has 0 radical (unpaired) electrons. The van der Waals surface area contributed by atoms with Crippen LogP contribution in [0.15, 0.2) is 16.9 Å². The van der Waals surface area contributed by atoms with Crippen molar-refractivity contribution >= 4 is 7.37 Å². The Balaban J connectivity index is 2.21. The van der Waals surface area contributed by atoms with Gasteiger partial charge < -0.3 is 4.84 Å². The highest BCUT2D eigenvalue weighted by Gasteiger charge is 2.21. The number of hydrogen-bond donors (Lipinski definition) is 0. The summed E-state index contributed by atoms with van der Waals surface area (Å²) >= 11 is 0. The quantitative estimate of drug-likeness (QED) is 0.619. The van der Waals surface area contributed by atoms with Gasteiger partial charge in [-0.3, -0.25) is 13.9 Å². The lowest BCUT2D eigenvalue weighted by Gasteiger charge is -2.25. The number of rotatable bonds is 5. The Morgan fingerprint density at radius 3 is 2.52 bits per heavy atom. The topological polar surface area (TPSA) is 57.5 Å². The molecule has 118 valence electrons. The summed E-state index contributed by atoms with van der Waals surface area (Å²) in [5, 5.41) is 0. The number of pyridine rings is 1. The fourth-order valence-corrected chi connectivity index (χ4v) is 3.04. The van der Waals surface area contributed by atoms with Crippen molar-refractivity contribution in [3.8, 4) is 0 Å². The van der Waals surface area contributed by atoms with Crippen molar-refractivity contribution in [1.82, 2.24) is 4.73 Å². The van der Waals surface area contributed by atoms with Gasteiger partial charge in [-0.2, -0.15) is 0 Å². The van der Waals surface area contributed by atoms with E-state index in [4.69, 9.17) is 9.36 Å². The largest absolute Gasteiger partial charge is 0.381 e. The lowest BCUT2D eigenvalue weighted by atomic mass is 9.86. The first kappa shape index (κ1) is 16.3. The number of aromatic nitrogens is 1. The van der Waals surface area contributed by atoms with Gasteiger partial charge >= 0.3 is 0 Å². The maximum atomic E-state index is 12.2. The average molecular weight is 313 g/mol. The molecule has 0 saturated heterocycles. The monoisotopic (exact) mass is 313 g/mol. The summed E-state index contributed by atoms with van der Waals surface area (Å²) in [6.07, 6.45) is 5.77. The summed E-state index contributed by atoms with van der Waals surface area (Å²) in [6, 6.07) is 3.55. The lowest BCUT2D eigenvalue weighted by Crippen LogP contribution is -2.32. The van der Waals surface area contributed by atoms with Gasteiger partial charge in [0.25, 0.3) is 5.56 Å². The van der Waals surface area contributed by atoms with Crippen LogP contribution < -0.4 is 10.4 Å². The second-order valence-electron chi connectivity index (χ2n) is 6.05. The van der Waals surface area contributed by atoms with Crippen molar-refractivity contribution in [3.05, 3.63) is 33.7 Å².